The molecule has 0 aliphatic heterocycles. The number of anilines is 1. The van der Waals surface area contributed by atoms with Crippen molar-refractivity contribution >= 4 is 29.2 Å². The van der Waals surface area contributed by atoms with Gasteiger partial charge >= 0.3 is 5.97 Å². The lowest BCUT2D eigenvalue weighted by atomic mass is 10.2. The van der Waals surface area contributed by atoms with Gasteiger partial charge in [0, 0.05) is 17.3 Å². The Morgan fingerprint density at radius 2 is 1.88 bits per heavy atom. The number of carbonyl (C=O) groups is 2. The molecule has 6 nitrogen and oxygen atoms in total. The van der Waals surface area contributed by atoms with Gasteiger partial charge in [-0.05, 0) is 42.8 Å². The molecule has 1 amide bonds. The number of methoxy groups -OCH3 is 1. The Kier molecular flexibility index (Phi) is 6.25. The van der Waals surface area contributed by atoms with Gasteiger partial charge in [-0.15, -0.1) is 0 Å². The molecule has 0 heterocycles. The van der Waals surface area contributed by atoms with Gasteiger partial charge in [0.15, 0.2) is 6.10 Å². The average molecular weight is 363 g/mol. The molecule has 0 fully saturated rings. The van der Waals surface area contributed by atoms with Gasteiger partial charge in [0.25, 0.3) is 5.91 Å². The van der Waals surface area contributed by atoms with Crippen LogP contribution in [-0.2, 0) is 16.1 Å². The predicted octanol–water partition coefficient (Wildman–Crippen LogP) is 2.79. The van der Waals surface area contributed by atoms with Crippen LogP contribution >= 0.6 is 11.6 Å². The van der Waals surface area contributed by atoms with E-state index < -0.39 is 18.0 Å². The van der Waals surface area contributed by atoms with E-state index in [1.807, 2.05) is 12.1 Å². The van der Waals surface area contributed by atoms with E-state index in [9.17, 15) is 9.59 Å². The first-order valence-corrected chi connectivity index (χ1v) is 7.95. The number of ether oxygens (including phenoxy) is 2. The first-order chi connectivity index (χ1) is 11.9. The van der Waals surface area contributed by atoms with E-state index in [0.29, 0.717) is 11.6 Å². The molecule has 0 spiro atoms. The summed E-state index contributed by atoms with van der Waals surface area (Å²) in [7, 11) is 1.58. The molecule has 2 aromatic carbocycles. The van der Waals surface area contributed by atoms with Gasteiger partial charge in [0.2, 0.25) is 0 Å². The first kappa shape index (κ1) is 18.6. The maximum Gasteiger partial charge on any atom is 0.341 e. The zero-order chi connectivity index (χ0) is 18.4. The molecule has 0 aliphatic carbocycles. The molecule has 25 heavy (non-hydrogen) atoms. The fourth-order valence-corrected chi connectivity index (χ4v) is 2.25. The van der Waals surface area contributed by atoms with E-state index in [1.165, 1.54) is 25.1 Å². The molecule has 2 aromatic rings. The van der Waals surface area contributed by atoms with Crippen molar-refractivity contribution in [1.29, 1.82) is 0 Å². The monoisotopic (exact) mass is 362 g/mol. The largest absolute Gasteiger partial charge is 0.497 e. The first-order valence-electron chi connectivity index (χ1n) is 7.57. The molecule has 0 saturated heterocycles. The number of carbonyl (C=O) groups excluding carboxylic acids is 2. The molecule has 0 bridgehead atoms. The number of nitrogens with one attached hydrogen (secondary N) is 1. The van der Waals surface area contributed by atoms with Crippen molar-refractivity contribution in [2.75, 3.05) is 12.8 Å². The number of hydrogen-bond acceptors (Lipinski definition) is 5. The standard InChI is InChI=1S/C18H19ClN2O4/c1-11(25-18(23)15-8-5-13(19)9-16(15)20)17(22)21-10-12-3-6-14(24-2)7-4-12/h3-9,11H,10,20H2,1-2H3,(H,21,22)/t11-/m1/s1. The van der Waals surface area contributed by atoms with Gasteiger partial charge in [-0.3, -0.25) is 4.79 Å². The molecular formula is C18H19ClN2O4. The minimum absolute atomic E-state index is 0.166. The van der Waals surface area contributed by atoms with Crippen LogP contribution in [0.15, 0.2) is 42.5 Å². The molecule has 0 unspecified atom stereocenters. The summed E-state index contributed by atoms with van der Waals surface area (Å²) in [5.74, 6) is -0.351. The lowest BCUT2D eigenvalue weighted by molar-refractivity contribution is -0.129. The van der Waals surface area contributed by atoms with Crippen molar-refractivity contribution in [3.8, 4) is 5.75 Å². The van der Waals surface area contributed by atoms with Gasteiger partial charge < -0.3 is 20.5 Å². The topological polar surface area (TPSA) is 90.6 Å². The van der Waals surface area contributed by atoms with Gasteiger partial charge in [-0.25, -0.2) is 4.79 Å². The quantitative estimate of drug-likeness (QED) is 0.609. The summed E-state index contributed by atoms with van der Waals surface area (Å²) < 4.78 is 10.2. The van der Waals surface area contributed by atoms with Crippen molar-refractivity contribution in [3.63, 3.8) is 0 Å². The second kappa shape index (κ2) is 8.39. The van der Waals surface area contributed by atoms with Gasteiger partial charge in [0.05, 0.1) is 12.7 Å². The van der Waals surface area contributed by atoms with Crippen LogP contribution in [0, 0.1) is 0 Å². The Labute approximate surface area is 150 Å². The third-order valence-corrected chi connectivity index (χ3v) is 3.75. The van der Waals surface area contributed by atoms with Crippen LogP contribution in [-0.4, -0.2) is 25.1 Å². The molecule has 132 valence electrons. The van der Waals surface area contributed by atoms with E-state index in [-0.39, 0.29) is 11.3 Å². The van der Waals surface area contributed by atoms with Gasteiger partial charge in [-0.2, -0.15) is 0 Å². The number of nitrogens with two attached hydrogens (primary N) is 1. The van der Waals surface area contributed by atoms with Crippen LogP contribution in [0.5, 0.6) is 5.75 Å². The average Bonchev–Trinajstić information content (AvgIpc) is 2.59. The fourth-order valence-electron chi connectivity index (χ4n) is 2.07. The highest BCUT2D eigenvalue weighted by atomic mass is 35.5. The zero-order valence-corrected chi connectivity index (χ0v) is 14.7. The van der Waals surface area contributed by atoms with Crippen LogP contribution in [0.1, 0.15) is 22.8 Å². The van der Waals surface area contributed by atoms with Crippen LogP contribution in [0.2, 0.25) is 5.02 Å². The summed E-state index contributed by atoms with van der Waals surface area (Å²) in [4.78, 5) is 24.2. The van der Waals surface area contributed by atoms with Crippen molar-refractivity contribution in [2.45, 2.75) is 19.6 Å². The minimum atomic E-state index is -0.958. The number of rotatable bonds is 6. The minimum Gasteiger partial charge on any atom is -0.497 e. The predicted molar refractivity (Wildman–Crippen MR) is 95.6 cm³/mol. The summed E-state index contributed by atoms with van der Waals surface area (Å²) in [5.41, 5.74) is 7.00. The van der Waals surface area contributed by atoms with Crippen LogP contribution in [0.3, 0.4) is 0 Å². The maximum atomic E-state index is 12.1. The van der Waals surface area contributed by atoms with Gasteiger partial charge in [0.1, 0.15) is 5.75 Å². The third-order valence-electron chi connectivity index (χ3n) is 3.51. The van der Waals surface area contributed by atoms with Crippen molar-refractivity contribution in [2.24, 2.45) is 0 Å². The summed E-state index contributed by atoms with van der Waals surface area (Å²) in [6.07, 6.45) is -0.958. The maximum absolute atomic E-state index is 12.1. The van der Waals surface area contributed by atoms with E-state index in [1.54, 1.807) is 19.2 Å². The SMILES string of the molecule is COc1ccc(CNC(=O)[C@@H](C)OC(=O)c2ccc(Cl)cc2N)cc1. The Bertz CT molecular complexity index is 762. The highest BCUT2D eigenvalue weighted by Crippen LogP contribution is 2.19. The van der Waals surface area contributed by atoms with E-state index in [4.69, 9.17) is 26.8 Å². The molecule has 7 heteroatoms. The lowest BCUT2D eigenvalue weighted by Crippen LogP contribution is -2.35. The number of nitrogen functional groups attached to an aromatic ring is 1. The number of benzene rings is 2. The molecule has 0 saturated carbocycles. The summed E-state index contributed by atoms with van der Waals surface area (Å²) in [6.45, 7) is 1.81. The van der Waals surface area contributed by atoms with Crippen molar-refractivity contribution in [3.05, 3.63) is 58.6 Å². The Morgan fingerprint density at radius 3 is 2.48 bits per heavy atom. The molecule has 0 aliphatic rings. The second-order valence-corrected chi connectivity index (χ2v) is 5.78. The fraction of sp³-hybridized carbons (Fsp3) is 0.222. The second-order valence-electron chi connectivity index (χ2n) is 5.34. The Morgan fingerprint density at radius 1 is 1.20 bits per heavy atom. The molecule has 1 atom stereocenters. The van der Waals surface area contributed by atoms with Crippen LogP contribution in [0.4, 0.5) is 5.69 Å². The van der Waals surface area contributed by atoms with Gasteiger partial charge in [-0.1, -0.05) is 23.7 Å². The Hall–Kier alpha value is -2.73. The molecule has 0 aromatic heterocycles. The van der Waals surface area contributed by atoms with E-state index in [0.717, 1.165) is 11.3 Å². The number of esters is 1. The molecule has 3 N–H and O–H groups in total. The number of halogens is 1. The molecular weight excluding hydrogens is 344 g/mol. The highest BCUT2D eigenvalue weighted by Gasteiger charge is 2.20. The van der Waals surface area contributed by atoms with Crippen molar-refractivity contribution < 1.29 is 19.1 Å². The van der Waals surface area contributed by atoms with Crippen LogP contribution in [0.25, 0.3) is 0 Å². The smallest absolute Gasteiger partial charge is 0.341 e. The highest BCUT2D eigenvalue weighted by molar-refractivity contribution is 6.31. The van der Waals surface area contributed by atoms with E-state index >= 15 is 0 Å². The van der Waals surface area contributed by atoms with Crippen LogP contribution < -0.4 is 15.8 Å². The number of amides is 1. The zero-order valence-electron chi connectivity index (χ0n) is 13.9. The van der Waals surface area contributed by atoms with E-state index in [2.05, 4.69) is 5.32 Å². The molecule has 2 rings (SSSR count). The normalized spacial score (nSPS) is 11.5. The summed E-state index contributed by atoms with van der Waals surface area (Å²) >= 11 is 5.79. The van der Waals surface area contributed by atoms with Crippen molar-refractivity contribution in [1.82, 2.24) is 5.32 Å². The lowest BCUT2D eigenvalue weighted by Gasteiger charge is -2.14. The number of hydrogen-bond donors (Lipinski definition) is 2. The Balaban J connectivity index is 1.89. The molecule has 0 radical (unpaired) electrons. The summed E-state index contributed by atoms with van der Waals surface area (Å²) in [6, 6.07) is 11.7. The summed E-state index contributed by atoms with van der Waals surface area (Å²) in [5, 5.41) is 3.12. The third kappa shape index (κ3) is 5.12.